The summed E-state index contributed by atoms with van der Waals surface area (Å²) >= 11 is 0. The Morgan fingerprint density at radius 1 is 1.06 bits per heavy atom. The lowest BCUT2D eigenvalue weighted by atomic mass is 10.1. The van der Waals surface area contributed by atoms with Crippen molar-refractivity contribution in [3.8, 4) is 11.5 Å². The minimum Gasteiger partial charge on any atom is -0.497 e. The van der Waals surface area contributed by atoms with Gasteiger partial charge in [-0.25, -0.2) is 4.68 Å². The van der Waals surface area contributed by atoms with Gasteiger partial charge < -0.3 is 14.8 Å². The number of amides is 1. The number of anilines is 1. The van der Waals surface area contributed by atoms with Crippen LogP contribution in [0.5, 0.6) is 11.5 Å². The van der Waals surface area contributed by atoms with Gasteiger partial charge in [0.1, 0.15) is 11.5 Å². The van der Waals surface area contributed by atoms with Gasteiger partial charge in [-0.3, -0.25) is 9.48 Å². The van der Waals surface area contributed by atoms with Crippen LogP contribution >= 0.6 is 0 Å². The van der Waals surface area contributed by atoms with E-state index in [1.54, 1.807) is 49.7 Å². The van der Waals surface area contributed by atoms with Gasteiger partial charge in [0.15, 0.2) is 12.4 Å². The van der Waals surface area contributed by atoms with Gasteiger partial charge in [-0.2, -0.15) is 23.4 Å². The number of alkyl halides is 3. The molecule has 4 rings (SSSR count). The first-order chi connectivity index (χ1) is 16.3. The molecule has 0 atom stereocenters. The van der Waals surface area contributed by atoms with Crippen LogP contribution < -0.4 is 14.8 Å². The van der Waals surface area contributed by atoms with Gasteiger partial charge >= 0.3 is 6.18 Å². The Morgan fingerprint density at radius 3 is 2.56 bits per heavy atom. The largest absolute Gasteiger partial charge is 0.497 e. The van der Waals surface area contributed by atoms with Gasteiger partial charge in [-0.05, 0) is 48.0 Å². The van der Waals surface area contributed by atoms with Crippen molar-refractivity contribution in [2.75, 3.05) is 12.4 Å². The quantitative estimate of drug-likeness (QED) is 0.411. The molecule has 4 aromatic rings. The van der Waals surface area contributed by atoms with Crippen LogP contribution in [-0.2, 0) is 19.5 Å². The third-order valence-electron chi connectivity index (χ3n) is 4.79. The van der Waals surface area contributed by atoms with Crippen LogP contribution in [0.4, 0.5) is 18.9 Å². The molecule has 0 aliphatic heterocycles. The zero-order chi connectivity index (χ0) is 24.1. The van der Waals surface area contributed by atoms with Crippen molar-refractivity contribution in [2.45, 2.75) is 19.5 Å². The fourth-order valence-corrected chi connectivity index (χ4v) is 3.11. The molecule has 0 bridgehead atoms. The second-order valence-electron chi connectivity index (χ2n) is 7.27. The number of hydrogen-bond donors (Lipinski definition) is 1. The van der Waals surface area contributed by atoms with Crippen LogP contribution in [0, 0.1) is 0 Å². The maximum atomic E-state index is 12.9. The molecule has 8 nitrogen and oxygen atoms in total. The second kappa shape index (κ2) is 9.69. The Kier molecular flexibility index (Phi) is 6.53. The number of carbonyl (C=O) groups excluding carboxylic acids is 1. The molecule has 0 unspecified atom stereocenters. The van der Waals surface area contributed by atoms with Crippen molar-refractivity contribution < 1.29 is 27.4 Å². The van der Waals surface area contributed by atoms with E-state index in [-0.39, 0.29) is 19.0 Å². The van der Waals surface area contributed by atoms with Gasteiger partial charge in [0.2, 0.25) is 0 Å². The van der Waals surface area contributed by atoms with Crippen LogP contribution in [0.2, 0.25) is 0 Å². The maximum absolute atomic E-state index is 12.9. The van der Waals surface area contributed by atoms with Crippen LogP contribution in [0.1, 0.15) is 21.6 Å². The van der Waals surface area contributed by atoms with E-state index in [2.05, 4.69) is 15.5 Å². The van der Waals surface area contributed by atoms with Gasteiger partial charge in [0.25, 0.3) is 5.91 Å². The Bertz CT molecular complexity index is 1270. The number of carbonyl (C=O) groups is 1. The van der Waals surface area contributed by atoms with E-state index in [4.69, 9.17) is 9.47 Å². The van der Waals surface area contributed by atoms with E-state index >= 15 is 0 Å². The summed E-state index contributed by atoms with van der Waals surface area (Å²) in [6.45, 7) is 0.228. The number of methoxy groups -OCH3 is 1. The lowest BCUT2D eigenvalue weighted by Crippen LogP contribution is -2.14. The minimum atomic E-state index is -4.41. The van der Waals surface area contributed by atoms with Crippen LogP contribution in [-0.4, -0.2) is 32.6 Å². The standard InChI is InChI=1S/C23H20F3N5O3/c1-33-19-5-7-20(8-6-19)34-15-30-10-9-21(29-30)22(32)28-18-12-27-31(14-18)13-16-3-2-4-17(11-16)23(24,25)26/h2-12,14H,13,15H2,1H3,(H,28,32). The lowest BCUT2D eigenvalue weighted by Gasteiger charge is -2.08. The Hall–Kier alpha value is -4.28. The number of hydrogen-bond acceptors (Lipinski definition) is 5. The third kappa shape index (κ3) is 5.74. The highest BCUT2D eigenvalue weighted by Crippen LogP contribution is 2.29. The predicted molar refractivity (Wildman–Crippen MR) is 117 cm³/mol. The van der Waals surface area contributed by atoms with E-state index in [1.807, 2.05) is 0 Å². The number of benzene rings is 2. The smallest absolute Gasteiger partial charge is 0.416 e. The minimum absolute atomic E-state index is 0.106. The normalized spacial score (nSPS) is 11.3. The highest BCUT2D eigenvalue weighted by atomic mass is 19.4. The van der Waals surface area contributed by atoms with Crippen molar-refractivity contribution in [1.82, 2.24) is 19.6 Å². The highest BCUT2D eigenvalue weighted by molar-refractivity contribution is 6.02. The average molecular weight is 471 g/mol. The molecule has 1 amide bonds. The topological polar surface area (TPSA) is 83.2 Å². The molecule has 1 N–H and O–H groups in total. The summed E-state index contributed by atoms with van der Waals surface area (Å²) < 4.78 is 52.3. The first kappa shape index (κ1) is 22.9. The van der Waals surface area contributed by atoms with Crippen molar-refractivity contribution in [1.29, 1.82) is 0 Å². The molecule has 0 saturated heterocycles. The first-order valence-electron chi connectivity index (χ1n) is 10.1. The number of halogens is 3. The second-order valence-corrected chi connectivity index (χ2v) is 7.27. The van der Waals surface area contributed by atoms with Crippen molar-refractivity contribution >= 4 is 11.6 Å². The van der Waals surface area contributed by atoms with E-state index < -0.39 is 17.6 Å². The molecule has 11 heteroatoms. The summed E-state index contributed by atoms with van der Waals surface area (Å²) in [5, 5.41) is 10.9. The Morgan fingerprint density at radius 2 is 1.82 bits per heavy atom. The van der Waals surface area contributed by atoms with E-state index in [9.17, 15) is 18.0 Å². The Labute approximate surface area is 192 Å². The summed E-state index contributed by atoms with van der Waals surface area (Å²) in [7, 11) is 1.58. The van der Waals surface area contributed by atoms with Gasteiger partial charge in [0, 0.05) is 12.4 Å². The van der Waals surface area contributed by atoms with Crippen LogP contribution in [0.3, 0.4) is 0 Å². The molecule has 0 radical (unpaired) electrons. The molecule has 176 valence electrons. The molecule has 2 heterocycles. The molecule has 0 saturated carbocycles. The average Bonchev–Trinajstić information content (AvgIpc) is 3.47. The fraction of sp³-hybridized carbons (Fsp3) is 0.174. The van der Waals surface area contributed by atoms with E-state index in [0.717, 1.165) is 12.1 Å². The van der Waals surface area contributed by atoms with Gasteiger partial charge in [0.05, 0.1) is 31.1 Å². The fourth-order valence-electron chi connectivity index (χ4n) is 3.11. The molecule has 0 fully saturated rings. The number of nitrogens with one attached hydrogen (secondary N) is 1. The third-order valence-corrected chi connectivity index (χ3v) is 4.79. The highest BCUT2D eigenvalue weighted by Gasteiger charge is 2.30. The molecule has 2 aromatic carbocycles. The van der Waals surface area contributed by atoms with E-state index in [1.165, 1.54) is 27.8 Å². The molecule has 2 aromatic heterocycles. The van der Waals surface area contributed by atoms with Crippen molar-refractivity contribution in [3.63, 3.8) is 0 Å². The molecule has 34 heavy (non-hydrogen) atoms. The summed E-state index contributed by atoms with van der Waals surface area (Å²) in [4.78, 5) is 12.5. The number of rotatable bonds is 8. The zero-order valence-corrected chi connectivity index (χ0v) is 18.0. The van der Waals surface area contributed by atoms with Crippen LogP contribution in [0.25, 0.3) is 0 Å². The summed E-state index contributed by atoms with van der Waals surface area (Å²) in [6, 6.07) is 13.6. The molecule has 0 spiro atoms. The molecular weight excluding hydrogens is 451 g/mol. The predicted octanol–water partition coefficient (Wildman–Crippen LogP) is 4.44. The van der Waals surface area contributed by atoms with Crippen molar-refractivity contribution in [3.05, 3.63) is 90.0 Å². The number of nitrogens with zero attached hydrogens (tertiary/aromatic N) is 4. The number of ether oxygens (including phenoxy) is 2. The maximum Gasteiger partial charge on any atom is 0.416 e. The number of aromatic nitrogens is 4. The van der Waals surface area contributed by atoms with Crippen molar-refractivity contribution in [2.24, 2.45) is 0 Å². The van der Waals surface area contributed by atoms with Gasteiger partial charge in [-0.15, -0.1) is 0 Å². The Balaban J connectivity index is 1.33. The summed E-state index contributed by atoms with van der Waals surface area (Å²) in [5.74, 6) is 0.876. The summed E-state index contributed by atoms with van der Waals surface area (Å²) in [5.41, 5.74) is 0.272. The zero-order valence-electron chi connectivity index (χ0n) is 18.0. The first-order valence-corrected chi connectivity index (χ1v) is 10.1. The molecule has 0 aliphatic carbocycles. The van der Waals surface area contributed by atoms with Crippen LogP contribution in [0.15, 0.2) is 73.2 Å². The monoisotopic (exact) mass is 471 g/mol. The molecular formula is C23H20F3N5O3. The van der Waals surface area contributed by atoms with Gasteiger partial charge in [-0.1, -0.05) is 12.1 Å². The molecule has 0 aliphatic rings. The lowest BCUT2D eigenvalue weighted by molar-refractivity contribution is -0.137. The SMILES string of the molecule is COc1ccc(OCn2ccc(C(=O)Nc3cnn(Cc4cccc(C(F)(F)F)c4)c3)n2)cc1. The summed E-state index contributed by atoms with van der Waals surface area (Å²) in [6.07, 6.45) is 0.134. The van der Waals surface area contributed by atoms with E-state index in [0.29, 0.717) is 22.7 Å².